The molecule has 0 radical (unpaired) electrons. The van der Waals surface area contributed by atoms with Gasteiger partial charge < -0.3 is 15.1 Å². The molecule has 0 atom stereocenters. The van der Waals surface area contributed by atoms with E-state index in [2.05, 4.69) is 5.43 Å². The number of hydrogen-bond acceptors (Lipinski definition) is 6. The van der Waals surface area contributed by atoms with E-state index in [9.17, 15) is 10.1 Å². The first-order chi connectivity index (χ1) is 9.67. The number of para-hydroxylation sites is 1. The van der Waals surface area contributed by atoms with Gasteiger partial charge in [0.1, 0.15) is 11.4 Å². The first-order valence-electron chi connectivity index (χ1n) is 6.78. The summed E-state index contributed by atoms with van der Waals surface area (Å²) in [6.07, 6.45) is 2.02. The smallest absolute Gasteiger partial charge is 0.316 e. The van der Waals surface area contributed by atoms with Gasteiger partial charge in [-0.3, -0.25) is 16.0 Å². The Bertz CT molecular complexity index is 473. The van der Waals surface area contributed by atoms with Gasteiger partial charge in [0.2, 0.25) is 0 Å². The Hall–Kier alpha value is -1.86. The van der Waals surface area contributed by atoms with Gasteiger partial charge in [0.05, 0.1) is 11.0 Å². The minimum absolute atomic E-state index is 0.0323. The fourth-order valence-corrected chi connectivity index (χ4v) is 2.59. The minimum atomic E-state index is -0.390. The Morgan fingerprint density at radius 3 is 2.75 bits per heavy atom. The van der Waals surface area contributed by atoms with Gasteiger partial charge in [-0.05, 0) is 31.9 Å². The van der Waals surface area contributed by atoms with Crippen molar-refractivity contribution in [1.29, 1.82) is 0 Å². The maximum absolute atomic E-state index is 11.3. The first kappa shape index (κ1) is 14.5. The highest BCUT2D eigenvalue weighted by Gasteiger charge is 2.27. The van der Waals surface area contributed by atoms with Crippen molar-refractivity contribution in [3.8, 4) is 0 Å². The standard InChI is InChI=1S/C13H20N4O3/c1-2-20-10-6-8-16(9-7-10)12-5-3-4-11(15-14)13(12)17(18)19/h3-5,10,15H,2,6-9,14H2,1H3. The van der Waals surface area contributed by atoms with Crippen molar-refractivity contribution in [3.63, 3.8) is 0 Å². The molecule has 0 aromatic heterocycles. The number of hydrazine groups is 1. The zero-order valence-corrected chi connectivity index (χ0v) is 11.5. The van der Waals surface area contributed by atoms with Crippen LogP contribution in [-0.2, 0) is 4.74 Å². The lowest BCUT2D eigenvalue weighted by Gasteiger charge is -2.33. The molecule has 7 heteroatoms. The largest absolute Gasteiger partial charge is 0.378 e. The molecule has 0 amide bonds. The molecule has 1 aromatic carbocycles. The highest BCUT2D eigenvalue weighted by molar-refractivity contribution is 5.76. The third kappa shape index (κ3) is 3.00. The molecule has 110 valence electrons. The highest BCUT2D eigenvalue weighted by Crippen LogP contribution is 2.36. The molecule has 3 N–H and O–H groups in total. The van der Waals surface area contributed by atoms with Crippen molar-refractivity contribution in [2.24, 2.45) is 5.84 Å². The van der Waals surface area contributed by atoms with Gasteiger partial charge in [-0.2, -0.15) is 0 Å². The van der Waals surface area contributed by atoms with E-state index < -0.39 is 0 Å². The van der Waals surface area contributed by atoms with E-state index in [1.54, 1.807) is 18.2 Å². The first-order valence-corrected chi connectivity index (χ1v) is 6.78. The summed E-state index contributed by atoms with van der Waals surface area (Å²) in [7, 11) is 0. The Morgan fingerprint density at radius 1 is 1.50 bits per heavy atom. The third-order valence-electron chi connectivity index (χ3n) is 3.54. The van der Waals surface area contributed by atoms with Gasteiger partial charge in [0.15, 0.2) is 0 Å². The van der Waals surface area contributed by atoms with Gasteiger partial charge in [-0.15, -0.1) is 0 Å². The molecule has 0 spiro atoms. The van der Waals surface area contributed by atoms with Crippen LogP contribution in [0.4, 0.5) is 17.1 Å². The van der Waals surface area contributed by atoms with Crippen LogP contribution in [0.15, 0.2) is 18.2 Å². The van der Waals surface area contributed by atoms with Crippen molar-refractivity contribution in [2.75, 3.05) is 30.0 Å². The summed E-state index contributed by atoms with van der Waals surface area (Å²) in [5.41, 5.74) is 3.37. The molecule has 20 heavy (non-hydrogen) atoms. The summed E-state index contributed by atoms with van der Waals surface area (Å²) in [5, 5.41) is 11.3. The van der Waals surface area contributed by atoms with Gasteiger partial charge in [-0.25, -0.2) is 0 Å². The second-order valence-corrected chi connectivity index (χ2v) is 4.72. The number of anilines is 2. The fraction of sp³-hybridized carbons (Fsp3) is 0.538. The van der Waals surface area contributed by atoms with Crippen molar-refractivity contribution < 1.29 is 9.66 Å². The Labute approximate surface area is 117 Å². The topological polar surface area (TPSA) is 93.7 Å². The number of piperidine rings is 1. The molecule has 1 fully saturated rings. The van der Waals surface area contributed by atoms with Crippen LogP contribution in [0, 0.1) is 10.1 Å². The molecule has 1 aromatic rings. The maximum Gasteiger partial charge on any atom is 0.316 e. The minimum Gasteiger partial charge on any atom is -0.378 e. The summed E-state index contributed by atoms with van der Waals surface area (Å²) in [4.78, 5) is 12.9. The third-order valence-corrected chi connectivity index (χ3v) is 3.54. The number of nitrogens with zero attached hydrogens (tertiary/aromatic N) is 2. The van der Waals surface area contributed by atoms with E-state index in [1.807, 2.05) is 11.8 Å². The van der Waals surface area contributed by atoms with Crippen molar-refractivity contribution in [1.82, 2.24) is 0 Å². The van der Waals surface area contributed by atoms with Crippen LogP contribution in [-0.4, -0.2) is 30.7 Å². The van der Waals surface area contributed by atoms with E-state index in [-0.39, 0.29) is 16.7 Å². The number of nitrogens with two attached hydrogens (primary N) is 1. The highest BCUT2D eigenvalue weighted by atomic mass is 16.6. The summed E-state index contributed by atoms with van der Waals surface area (Å²) in [5.74, 6) is 5.36. The molecular weight excluding hydrogens is 260 g/mol. The van der Waals surface area contributed by atoms with E-state index in [4.69, 9.17) is 10.6 Å². The Kier molecular flexibility index (Phi) is 4.75. The SMILES string of the molecule is CCOC1CCN(c2cccc(NN)c2[N+](=O)[O-])CC1. The van der Waals surface area contributed by atoms with E-state index in [1.165, 1.54) is 0 Å². The lowest BCUT2D eigenvalue weighted by atomic mass is 10.1. The van der Waals surface area contributed by atoms with Crippen LogP contribution in [0.1, 0.15) is 19.8 Å². The predicted molar refractivity (Wildman–Crippen MR) is 77.8 cm³/mol. The number of benzene rings is 1. The van der Waals surface area contributed by atoms with Gasteiger partial charge in [0, 0.05) is 19.7 Å². The molecule has 1 aliphatic rings. The lowest BCUT2D eigenvalue weighted by Crippen LogP contribution is -2.37. The number of nitro benzene ring substituents is 1. The molecule has 1 aliphatic heterocycles. The van der Waals surface area contributed by atoms with Crippen LogP contribution in [0.25, 0.3) is 0 Å². The van der Waals surface area contributed by atoms with Gasteiger partial charge in [0.25, 0.3) is 0 Å². The average Bonchev–Trinajstić information content (AvgIpc) is 2.47. The molecule has 1 saturated heterocycles. The zero-order valence-electron chi connectivity index (χ0n) is 11.5. The maximum atomic E-state index is 11.3. The van der Waals surface area contributed by atoms with Crippen LogP contribution < -0.4 is 16.2 Å². The molecule has 0 aliphatic carbocycles. The predicted octanol–water partition coefficient (Wildman–Crippen LogP) is 1.89. The number of ether oxygens (including phenoxy) is 1. The average molecular weight is 280 g/mol. The monoisotopic (exact) mass is 280 g/mol. The van der Waals surface area contributed by atoms with Crippen LogP contribution in [0.3, 0.4) is 0 Å². The molecule has 0 saturated carbocycles. The number of nitro groups is 1. The second-order valence-electron chi connectivity index (χ2n) is 4.72. The fourth-order valence-electron chi connectivity index (χ4n) is 2.59. The summed E-state index contributed by atoms with van der Waals surface area (Å²) < 4.78 is 5.60. The van der Waals surface area contributed by atoms with Crippen molar-refractivity contribution in [3.05, 3.63) is 28.3 Å². The van der Waals surface area contributed by atoms with Crippen molar-refractivity contribution in [2.45, 2.75) is 25.9 Å². The van der Waals surface area contributed by atoms with Crippen molar-refractivity contribution >= 4 is 17.1 Å². The second kappa shape index (κ2) is 6.53. The number of hydrogen-bond donors (Lipinski definition) is 2. The Balaban J connectivity index is 2.19. The van der Waals surface area contributed by atoms with Gasteiger partial charge >= 0.3 is 5.69 Å². The lowest BCUT2D eigenvalue weighted by molar-refractivity contribution is -0.383. The zero-order chi connectivity index (χ0) is 14.5. The van der Waals surface area contributed by atoms with E-state index in [0.717, 1.165) is 25.9 Å². The van der Waals surface area contributed by atoms with E-state index >= 15 is 0 Å². The molecule has 0 unspecified atom stereocenters. The molecule has 7 nitrogen and oxygen atoms in total. The number of rotatable bonds is 5. The Morgan fingerprint density at radius 2 is 2.20 bits per heavy atom. The summed E-state index contributed by atoms with van der Waals surface area (Å²) in [6, 6.07) is 5.14. The van der Waals surface area contributed by atoms with Crippen LogP contribution >= 0.6 is 0 Å². The molecule has 2 rings (SSSR count). The van der Waals surface area contributed by atoms with Crippen LogP contribution in [0.2, 0.25) is 0 Å². The molecular formula is C13H20N4O3. The van der Waals surface area contributed by atoms with Crippen LogP contribution in [0.5, 0.6) is 0 Å². The number of nitrogen functional groups attached to an aromatic ring is 1. The quantitative estimate of drug-likeness (QED) is 0.486. The summed E-state index contributed by atoms with van der Waals surface area (Å²) in [6.45, 7) is 4.18. The number of nitrogens with one attached hydrogen (secondary N) is 1. The van der Waals surface area contributed by atoms with E-state index in [0.29, 0.717) is 18.0 Å². The normalized spacial score (nSPS) is 16.2. The summed E-state index contributed by atoms with van der Waals surface area (Å²) >= 11 is 0. The van der Waals surface area contributed by atoms with Gasteiger partial charge in [-0.1, -0.05) is 6.07 Å². The molecule has 0 bridgehead atoms. The molecule has 1 heterocycles.